The Balaban J connectivity index is 1.99. The second-order valence-corrected chi connectivity index (χ2v) is 8.15. The molecule has 1 aromatic heterocycles. The summed E-state index contributed by atoms with van der Waals surface area (Å²) in [5.41, 5.74) is 0.0449. The molecule has 1 saturated carbocycles. The molecule has 1 aliphatic carbocycles. The highest BCUT2D eigenvalue weighted by atomic mass is 32.1. The molecule has 2 atom stereocenters. The molecule has 0 spiro atoms. The van der Waals surface area contributed by atoms with Crippen LogP contribution < -0.4 is 5.32 Å². The normalized spacial score (nSPS) is 27.8. The molecule has 1 aliphatic rings. The molecule has 110 valence electrons. The van der Waals surface area contributed by atoms with Crippen molar-refractivity contribution in [1.82, 2.24) is 5.32 Å². The Morgan fingerprint density at radius 2 is 2.20 bits per heavy atom. The van der Waals surface area contributed by atoms with Crippen LogP contribution in [0, 0.1) is 22.7 Å². The zero-order valence-electron chi connectivity index (χ0n) is 12.9. The van der Waals surface area contributed by atoms with Gasteiger partial charge in [0.05, 0.1) is 6.07 Å². The van der Waals surface area contributed by atoms with Gasteiger partial charge in [0.2, 0.25) is 0 Å². The molecule has 0 saturated heterocycles. The van der Waals surface area contributed by atoms with Crippen LogP contribution in [-0.4, -0.2) is 5.54 Å². The van der Waals surface area contributed by atoms with Crippen LogP contribution >= 0.6 is 11.3 Å². The van der Waals surface area contributed by atoms with Crippen LogP contribution in [0.2, 0.25) is 0 Å². The molecule has 1 N–H and O–H groups in total. The third-order valence-electron chi connectivity index (χ3n) is 4.70. The number of hydrogen-bond donors (Lipinski definition) is 1. The van der Waals surface area contributed by atoms with E-state index in [1.54, 1.807) is 11.3 Å². The Morgan fingerprint density at radius 1 is 1.40 bits per heavy atom. The van der Waals surface area contributed by atoms with Crippen LogP contribution in [0.3, 0.4) is 0 Å². The molecule has 1 fully saturated rings. The lowest BCUT2D eigenvalue weighted by atomic mass is 9.76. The van der Waals surface area contributed by atoms with E-state index in [0.29, 0.717) is 5.41 Å². The minimum Gasteiger partial charge on any atom is -0.294 e. The van der Waals surface area contributed by atoms with Gasteiger partial charge in [-0.25, -0.2) is 0 Å². The first-order chi connectivity index (χ1) is 9.45. The van der Waals surface area contributed by atoms with Gasteiger partial charge >= 0.3 is 0 Å². The SMILES string of the molecule is CC(C)(C)C1CCCC(C#N)(NCc2cccs2)CC1. The van der Waals surface area contributed by atoms with Crippen LogP contribution in [0.1, 0.15) is 57.8 Å². The van der Waals surface area contributed by atoms with Crippen molar-refractivity contribution in [3.05, 3.63) is 22.4 Å². The molecule has 3 heteroatoms. The van der Waals surface area contributed by atoms with Crippen molar-refractivity contribution in [2.24, 2.45) is 11.3 Å². The number of hydrogen-bond acceptors (Lipinski definition) is 3. The number of nitrogens with zero attached hydrogens (tertiary/aromatic N) is 1. The van der Waals surface area contributed by atoms with E-state index in [-0.39, 0.29) is 5.54 Å². The van der Waals surface area contributed by atoms with E-state index in [4.69, 9.17) is 0 Å². The van der Waals surface area contributed by atoms with Crippen molar-refractivity contribution >= 4 is 11.3 Å². The lowest BCUT2D eigenvalue weighted by Gasteiger charge is -2.30. The van der Waals surface area contributed by atoms with Gasteiger partial charge in [0.25, 0.3) is 0 Å². The second-order valence-electron chi connectivity index (χ2n) is 7.12. The molecule has 0 radical (unpaired) electrons. The molecule has 0 aromatic carbocycles. The summed E-state index contributed by atoms with van der Waals surface area (Å²) >= 11 is 1.76. The van der Waals surface area contributed by atoms with Crippen LogP contribution in [0.15, 0.2) is 17.5 Å². The van der Waals surface area contributed by atoms with Gasteiger partial charge in [-0.05, 0) is 48.5 Å². The monoisotopic (exact) mass is 290 g/mol. The summed E-state index contributed by atoms with van der Waals surface area (Å²) < 4.78 is 0. The van der Waals surface area contributed by atoms with E-state index in [9.17, 15) is 5.26 Å². The maximum atomic E-state index is 9.68. The molecular weight excluding hydrogens is 264 g/mol. The summed E-state index contributed by atoms with van der Waals surface area (Å²) in [5.74, 6) is 0.737. The number of nitrogens with one attached hydrogen (secondary N) is 1. The standard InChI is InChI=1S/C17H26N2S/c1-16(2,3)14-6-4-9-17(13-18,10-8-14)19-12-15-7-5-11-20-15/h5,7,11,14,19H,4,6,8-10,12H2,1-3H3. The summed E-state index contributed by atoms with van der Waals surface area (Å²) in [6, 6.07) is 6.79. The van der Waals surface area contributed by atoms with Crippen molar-refractivity contribution in [2.45, 2.75) is 65.0 Å². The predicted octanol–water partition coefficient (Wildman–Crippen LogP) is 4.73. The van der Waals surface area contributed by atoms with Gasteiger partial charge in [0.1, 0.15) is 5.54 Å². The first-order valence-corrected chi connectivity index (χ1v) is 8.52. The molecule has 2 rings (SSSR count). The van der Waals surface area contributed by atoms with E-state index in [1.165, 1.54) is 11.3 Å². The summed E-state index contributed by atoms with van der Waals surface area (Å²) in [7, 11) is 0. The first kappa shape index (κ1) is 15.5. The first-order valence-electron chi connectivity index (χ1n) is 7.64. The highest BCUT2D eigenvalue weighted by Crippen LogP contribution is 2.39. The Bertz CT molecular complexity index is 452. The van der Waals surface area contributed by atoms with Gasteiger partial charge in [-0.15, -0.1) is 11.3 Å². The lowest BCUT2D eigenvalue weighted by Crippen LogP contribution is -2.43. The van der Waals surface area contributed by atoms with E-state index < -0.39 is 0 Å². The highest BCUT2D eigenvalue weighted by Gasteiger charge is 2.36. The topological polar surface area (TPSA) is 35.8 Å². The predicted molar refractivity (Wildman–Crippen MR) is 85.5 cm³/mol. The molecule has 2 unspecified atom stereocenters. The zero-order valence-corrected chi connectivity index (χ0v) is 13.7. The Morgan fingerprint density at radius 3 is 2.80 bits per heavy atom. The molecule has 1 aromatic rings. The van der Waals surface area contributed by atoms with Gasteiger partial charge in [-0.1, -0.05) is 33.3 Å². The number of nitriles is 1. The van der Waals surface area contributed by atoms with Gasteiger partial charge in [0.15, 0.2) is 0 Å². The van der Waals surface area contributed by atoms with Gasteiger partial charge < -0.3 is 0 Å². The van der Waals surface area contributed by atoms with E-state index >= 15 is 0 Å². The van der Waals surface area contributed by atoms with Crippen molar-refractivity contribution in [2.75, 3.05) is 0 Å². The van der Waals surface area contributed by atoms with Crippen LogP contribution in [0.25, 0.3) is 0 Å². The van der Waals surface area contributed by atoms with Crippen LogP contribution in [0.4, 0.5) is 0 Å². The summed E-state index contributed by atoms with van der Waals surface area (Å²) in [6.45, 7) is 7.81. The number of thiophene rings is 1. The largest absolute Gasteiger partial charge is 0.294 e. The average molecular weight is 290 g/mol. The molecule has 20 heavy (non-hydrogen) atoms. The summed E-state index contributed by atoms with van der Waals surface area (Å²) in [5, 5.41) is 15.3. The smallest absolute Gasteiger partial charge is 0.107 e. The third kappa shape index (κ3) is 3.84. The Kier molecular flexibility index (Phi) is 4.88. The van der Waals surface area contributed by atoms with E-state index in [0.717, 1.165) is 38.1 Å². The van der Waals surface area contributed by atoms with Crippen molar-refractivity contribution in [3.8, 4) is 6.07 Å². The highest BCUT2D eigenvalue weighted by molar-refractivity contribution is 7.09. The molecular formula is C17H26N2S. The molecule has 2 nitrogen and oxygen atoms in total. The fraction of sp³-hybridized carbons (Fsp3) is 0.706. The summed E-state index contributed by atoms with van der Waals surface area (Å²) in [4.78, 5) is 1.32. The molecule has 1 heterocycles. The quantitative estimate of drug-likeness (QED) is 0.817. The molecule has 0 aliphatic heterocycles. The van der Waals surface area contributed by atoms with Gasteiger partial charge in [-0.3, -0.25) is 5.32 Å². The zero-order chi connectivity index (χ0) is 14.6. The lowest BCUT2D eigenvalue weighted by molar-refractivity contribution is 0.211. The maximum Gasteiger partial charge on any atom is 0.107 e. The maximum absolute atomic E-state index is 9.68. The van der Waals surface area contributed by atoms with Crippen molar-refractivity contribution in [3.63, 3.8) is 0 Å². The minimum atomic E-state index is -0.315. The van der Waals surface area contributed by atoms with Gasteiger partial charge in [-0.2, -0.15) is 5.26 Å². The fourth-order valence-electron chi connectivity index (χ4n) is 3.20. The van der Waals surface area contributed by atoms with Crippen molar-refractivity contribution in [1.29, 1.82) is 5.26 Å². The van der Waals surface area contributed by atoms with Crippen LogP contribution in [-0.2, 0) is 6.54 Å². The minimum absolute atomic E-state index is 0.315. The number of rotatable bonds is 3. The van der Waals surface area contributed by atoms with Crippen LogP contribution in [0.5, 0.6) is 0 Å². The average Bonchev–Trinajstić information content (AvgIpc) is 2.81. The third-order valence-corrected chi connectivity index (χ3v) is 5.57. The molecule has 0 bridgehead atoms. The van der Waals surface area contributed by atoms with E-state index in [1.807, 2.05) is 0 Å². The van der Waals surface area contributed by atoms with Crippen molar-refractivity contribution < 1.29 is 0 Å². The fourth-order valence-corrected chi connectivity index (χ4v) is 3.85. The van der Waals surface area contributed by atoms with Gasteiger partial charge in [0, 0.05) is 11.4 Å². The van der Waals surface area contributed by atoms with E-state index in [2.05, 4.69) is 49.7 Å². The Labute approximate surface area is 127 Å². The second kappa shape index (κ2) is 6.28. The summed E-state index contributed by atoms with van der Waals surface area (Å²) in [6.07, 6.45) is 5.55. The Hall–Kier alpha value is -0.850. The molecule has 0 amide bonds.